The van der Waals surface area contributed by atoms with Crippen LogP contribution in [0.1, 0.15) is 18.7 Å². The van der Waals surface area contributed by atoms with E-state index in [9.17, 15) is 0 Å². The Kier molecular flexibility index (Phi) is 3.78. The van der Waals surface area contributed by atoms with Crippen LogP contribution in [0.3, 0.4) is 0 Å². The minimum Gasteiger partial charge on any atom is -0.396 e. The molecule has 2 aromatic heterocycles. The summed E-state index contributed by atoms with van der Waals surface area (Å²) in [6.45, 7) is 5.15. The van der Waals surface area contributed by atoms with Crippen LogP contribution in [0.15, 0.2) is 29.8 Å². The molecule has 0 saturated heterocycles. The van der Waals surface area contributed by atoms with Gasteiger partial charge >= 0.3 is 0 Å². The van der Waals surface area contributed by atoms with Gasteiger partial charge < -0.3 is 11.1 Å². The number of aromatic nitrogens is 1. The third-order valence-electron chi connectivity index (χ3n) is 2.77. The maximum atomic E-state index is 5.86. The van der Waals surface area contributed by atoms with Gasteiger partial charge in [-0.3, -0.25) is 0 Å². The number of hydrogen-bond acceptors (Lipinski definition) is 4. The van der Waals surface area contributed by atoms with Gasteiger partial charge in [0.2, 0.25) is 0 Å². The molecule has 3 nitrogen and oxygen atoms in total. The van der Waals surface area contributed by atoms with Crippen LogP contribution in [0.25, 0.3) is 0 Å². The molecule has 0 saturated carbocycles. The lowest BCUT2D eigenvalue weighted by Crippen LogP contribution is -2.27. The Morgan fingerprint density at radius 3 is 2.89 bits per heavy atom. The van der Waals surface area contributed by atoms with E-state index in [-0.39, 0.29) is 5.41 Å². The summed E-state index contributed by atoms with van der Waals surface area (Å²) in [6, 6.07) is 5.91. The zero-order valence-corrected chi connectivity index (χ0v) is 12.0. The molecular formula is C13H16ClN3S. The van der Waals surface area contributed by atoms with Crippen LogP contribution in [0.4, 0.5) is 11.5 Å². The predicted octanol–water partition coefficient (Wildman–Crippen LogP) is 3.77. The Hall–Kier alpha value is -1.26. The van der Waals surface area contributed by atoms with Crippen LogP contribution in [0.2, 0.25) is 5.02 Å². The summed E-state index contributed by atoms with van der Waals surface area (Å²) in [5.41, 5.74) is 6.48. The zero-order chi connectivity index (χ0) is 13.2. The van der Waals surface area contributed by atoms with Crippen molar-refractivity contribution in [3.8, 4) is 0 Å². The van der Waals surface area contributed by atoms with Crippen LogP contribution in [0, 0.1) is 0 Å². The van der Waals surface area contributed by atoms with E-state index in [2.05, 4.69) is 41.7 Å². The van der Waals surface area contributed by atoms with Gasteiger partial charge in [0.05, 0.1) is 10.7 Å². The molecule has 5 heteroatoms. The molecule has 96 valence electrons. The van der Waals surface area contributed by atoms with Crippen molar-refractivity contribution in [2.75, 3.05) is 17.6 Å². The average molecular weight is 282 g/mol. The molecule has 0 amide bonds. The van der Waals surface area contributed by atoms with Gasteiger partial charge in [0.25, 0.3) is 0 Å². The van der Waals surface area contributed by atoms with E-state index in [1.54, 1.807) is 23.6 Å². The Balaban J connectivity index is 2.07. The molecule has 0 aliphatic rings. The van der Waals surface area contributed by atoms with Crippen molar-refractivity contribution in [3.05, 3.63) is 39.7 Å². The maximum absolute atomic E-state index is 5.86. The highest BCUT2D eigenvalue weighted by atomic mass is 35.5. The Morgan fingerprint density at radius 1 is 1.50 bits per heavy atom. The lowest BCUT2D eigenvalue weighted by molar-refractivity contribution is 0.568. The average Bonchev–Trinajstić information content (AvgIpc) is 2.82. The second-order valence-electron chi connectivity index (χ2n) is 4.81. The Bertz CT molecular complexity index is 523. The van der Waals surface area contributed by atoms with Crippen LogP contribution >= 0.6 is 22.9 Å². The number of rotatable bonds is 4. The molecule has 0 aliphatic heterocycles. The van der Waals surface area contributed by atoms with E-state index in [4.69, 9.17) is 17.3 Å². The molecule has 2 heterocycles. The van der Waals surface area contributed by atoms with E-state index in [1.807, 2.05) is 0 Å². The molecule has 0 atom stereocenters. The van der Waals surface area contributed by atoms with E-state index in [0.29, 0.717) is 16.5 Å². The molecule has 0 radical (unpaired) electrons. The Labute approximate surface area is 116 Å². The summed E-state index contributed by atoms with van der Waals surface area (Å²) in [5, 5.41) is 5.92. The minimum absolute atomic E-state index is 0.0436. The van der Waals surface area contributed by atoms with Gasteiger partial charge in [-0.15, -0.1) is 11.3 Å². The first kappa shape index (κ1) is 13.2. The van der Waals surface area contributed by atoms with Crippen molar-refractivity contribution in [2.45, 2.75) is 19.3 Å². The van der Waals surface area contributed by atoms with Gasteiger partial charge in [-0.1, -0.05) is 31.5 Å². The number of halogens is 1. The highest BCUT2D eigenvalue weighted by Crippen LogP contribution is 2.28. The second-order valence-corrected chi connectivity index (χ2v) is 6.19. The summed E-state index contributed by atoms with van der Waals surface area (Å²) in [7, 11) is 0. The van der Waals surface area contributed by atoms with Crippen molar-refractivity contribution in [2.24, 2.45) is 0 Å². The third-order valence-corrected chi connectivity index (χ3v) is 4.21. The van der Waals surface area contributed by atoms with Crippen molar-refractivity contribution in [1.82, 2.24) is 4.98 Å². The molecule has 3 N–H and O–H groups in total. The van der Waals surface area contributed by atoms with Gasteiger partial charge in [0, 0.05) is 23.0 Å². The van der Waals surface area contributed by atoms with Gasteiger partial charge in [0.15, 0.2) is 0 Å². The quantitative estimate of drug-likeness (QED) is 0.897. The molecular weight excluding hydrogens is 266 g/mol. The minimum atomic E-state index is 0.0436. The number of anilines is 2. The first-order valence-electron chi connectivity index (χ1n) is 5.68. The van der Waals surface area contributed by atoms with Crippen LogP contribution in [0.5, 0.6) is 0 Å². The molecule has 0 unspecified atom stereocenters. The fraction of sp³-hybridized carbons (Fsp3) is 0.308. The number of nitrogens with one attached hydrogen (secondary N) is 1. The zero-order valence-electron chi connectivity index (χ0n) is 10.4. The van der Waals surface area contributed by atoms with Crippen molar-refractivity contribution < 1.29 is 0 Å². The van der Waals surface area contributed by atoms with Crippen LogP contribution in [-0.4, -0.2) is 11.5 Å². The monoisotopic (exact) mass is 281 g/mol. The van der Waals surface area contributed by atoms with Gasteiger partial charge in [-0.2, -0.15) is 0 Å². The van der Waals surface area contributed by atoms with Crippen LogP contribution in [-0.2, 0) is 5.41 Å². The largest absolute Gasteiger partial charge is 0.396 e. The lowest BCUT2D eigenvalue weighted by Gasteiger charge is -2.24. The van der Waals surface area contributed by atoms with Gasteiger partial charge in [0.1, 0.15) is 5.82 Å². The number of nitrogen functional groups attached to an aromatic ring is 1. The molecule has 0 spiro atoms. The van der Waals surface area contributed by atoms with Gasteiger partial charge in [-0.25, -0.2) is 4.98 Å². The highest BCUT2D eigenvalue weighted by Gasteiger charge is 2.21. The third kappa shape index (κ3) is 2.94. The maximum Gasteiger partial charge on any atom is 0.149 e. The normalized spacial score (nSPS) is 11.5. The summed E-state index contributed by atoms with van der Waals surface area (Å²) in [4.78, 5) is 5.53. The smallest absolute Gasteiger partial charge is 0.149 e. The first-order valence-corrected chi connectivity index (χ1v) is 6.94. The molecule has 0 aliphatic carbocycles. The molecule has 2 aromatic rings. The number of nitrogens with two attached hydrogens (primary N) is 1. The molecule has 0 aromatic carbocycles. The second kappa shape index (κ2) is 5.16. The molecule has 2 rings (SSSR count). The van der Waals surface area contributed by atoms with Crippen LogP contribution < -0.4 is 11.1 Å². The van der Waals surface area contributed by atoms with Crippen molar-refractivity contribution in [1.29, 1.82) is 0 Å². The van der Waals surface area contributed by atoms with E-state index >= 15 is 0 Å². The Morgan fingerprint density at radius 2 is 2.28 bits per heavy atom. The SMILES string of the molecule is CC(C)(CNc1ncc(Cl)cc1N)c1cccs1. The first-order chi connectivity index (χ1) is 8.49. The van der Waals surface area contributed by atoms with Crippen molar-refractivity contribution >= 4 is 34.4 Å². The standard InChI is InChI=1S/C13H16ClN3S/c1-13(2,11-4-3-5-18-11)8-17-12-10(15)6-9(14)7-16-12/h3-7H,8,15H2,1-2H3,(H,16,17). The fourth-order valence-corrected chi connectivity index (χ4v) is 2.68. The molecule has 0 bridgehead atoms. The van der Waals surface area contributed by atoms with E-state index in [0.717, 1.165) is 6.54 Å². The predicted molar refractivity (Wildman–Crippen MR) is 79.5 cm³/mol. The fourth-order valence-electron chi connectivity index (χ4n) is 1.66. The number of pyridine rings is 1. The van der Waals surface area contributed by atoms with Gasteiger partial charge in [-0.05, 0) is 17.5 Å². The lowest BCUT2D eigenvalue weighted by atomic mass is 9.91. The summed E-state index contributed by atoms with van der Waals surface area (Å²) < 4.78 is 0. The number of hydrogen-bond donors (Lipinski definition) is 2. The molecule has 0 fully saturated rings. The summed E-state index contributed by atoms with van der Waals surface area (Å²) >= 11 is 7.58. The number of thiophene rings is 1. The van der Waals surface area contributed by atoms with E-state index < -0.39 is 0 Å². The number of nitrogens with zero attached hydrogens (tertiary/aromatic N) is 1. The summed E-state index contributed by atoms with van der Waals surface area (Å²) in [6.07, 6.45) is 1.60. The highest BCUT2D eigenvalue weighted by molar-refractivity contribution is 7.10. The van der Waals surface area contributed by atoms with Crippen molar-refractivity contribution in [3.63, 3.8) is 0 Å². The summed E-state index contributed by atoms with van der Waals surface area (Å²) in [5.74, 6) is 0.684. The van der Waals surface area contributed by atoms with E-state index in [1.165, 1.54) is 4.88 Å². The molecule has 18 heavy (non-hydrogen) atoms. The topological polar surface area (TPSA) is 50.9 Å².